The van der Waals surface area contributed by atoms with Crippen LogP contribution in [0, 0.1) is 0 Å². The first kappa shape index (κ1) is 13.3. The maximum atomic E-state index is 11.1. The molecule has 0 saturated heterocycles. The van der Waals surface area contributed by atoms with Crippen LogP contribution in [0.4, 0.5) is 4.79 Å². The Bertz CT molecular complexity index is 279. The Kier molecular flexibility index (Phi) is 6.81. The number of hydrogen-bond acceptors (Lipinski definition) is 5. The van der Waals surface area contributed by atoms with Gasteiger partial charge in [0.25, 0.3) is 0 Å². The minimum Gasteiger partial charge on any atom is -0.377 e. The van der Waals surface area contributed by atoms with Crippen LogP contribution in [0.2, 0.25) is 0 Å². The largest absolute Gasteiger partial charge is 0.377 e. The minimum absolute atomic E-state index is 0.0198. The van der Waals surface area contributed by atoms with E-state index in [1.54, 1.807) is 0 Å². The fraction of sp³-hybridized carbons (Fsp3) is 0.286. The molecule has 6 N–H and O–H groups in total. The van der Waals surface area contributed by atoms with E-state index in [9.17, 15) is 9.59 Å². The Morgan fingerprint density at radius 2 is 2.20 bits per heavy atom. The van der Waals surface area contributed by atoms with Crippen LogP contribution in [0.5, 0.6) is 0 Å². The Morgan fingerprint density at radius 3 is 2.73 bits per heavy atom. The standard InChI is InChI=1S/C7H13N5O2S/c1-2-3-10-7(14)11-5(13)4-15-6(8)12-9/h2H,1,3-4,9H2,(H2,8,12)(H2,10,11,13,14). The second kappa shape index (κ2) is 7.68. The van der Waals surface area contributed by atoms with Gasteiger partial charge in [0, 0.05) is 6.54 Å². The summed E-state index contributed by atoms with van der Waals surface area (Å²) in [6.45, 7) is 3.70. The lowest BCUT2D eigenvalue weighted by molar-refractivity contribution is -0.117. The van der Waals surface area contributed by atoms with Gasteiger partial charge in [-0.1, -0.05) is 17.8 Å². The number of rotatable bonds is 4. The molecule has 0 heterocycles. The number of amidine groups is 1. The summed E-state index contributed by atoms with van der Waals surface area (Å²) in [5.41, 5.74) is 5.23. The molecule has 0 saturated carbocycles. The van der Waals surface area contributed by atoms with Gasteiger partial charge >= 0.3 is 6.03 Å². The predicted octanol–water partition coefficient (Wildman–Crippen LogP) is -1.08. The number of thioether (sulfide) groups is 1. The van der Waals surface area contributed by atoms with E-state index >= 15 is 0 Å². The van der Waals surface area contributed by atoms with E-state index in [-0.39, 0.29) is 10.9 Å². The lowest BCUT2D eigenvalue weighted by Crippen LogP contribution is -2.40. The number of nitrogens with one attached hydrogen (secondary N) is 2. The lowest BCUT2D eigenvalue weighted by Gasteiger charge is -2.03. The van der Waals surface area contributed by atoms with Crippen LogP contribution in [0.3, 0.4) is 0 Å². The zero-order valence-electron chi connectivity index (χ0n) is 8.03. The third-order valence-electron chi connectivity index (χ3n) is 1.14. The van der Waals surface area contributed by atoms with E-state index in [0.29, 0.717) is 6.54 Å². The molecule has 0 aromatic heterocycles. The van der Waals surface area contributed by atoms with Gasteiger partial charge in [0.1, 0.15) is 0 Å². The van der Waals surface area contributed by atoms with Crippen molar-refractivity contribution in [1.82, 2.24) is 10.6 Å². The number of carbonyl (C=O) groups excluding carboxylic acids is 2. The molecule has 0 aliphatic rings. The van der Waals surface area contributed by atoms with Crippen molar-refractivity contribution in [2.24, 2.45) is 16.7 Å². The molecular formula is C7H13N5O2S. The Balaban J connectivity index is 3.73. The summed E-state index contributed by atoms with van der Waals surface area (Å²) in [5.74, 6) is 4.35. The van der Waals surface area contributed by atoms with E-state index in [0.717, 1.165) is 11.8 Å². The topological polar surface area (TPSA) is 123 Å². The predicted molar refractivity (Wildman–Crippen MR) is 60.0 cm³/mol. The summed E-state index contributed by atoms with van der Waals surface area (Å²) >= 11 is 0.941. The molecule has 0 fully saturated rings. The molecule has 0 rings (SSSR count). The van der Waals surface area contributed by atoms with Gasteiger partial charge < -0.3 is 16.9 Å². The normalized spacial score (nSPS) is 10.5. The van der Waals surface area contributed by atoms with Crippen LogP contribution in [-0.2, 0) is 4.79 Å². The second-order valence-corrected chi connectivity index (χ2v) is 3.30. The number of hydrogen-bond donors (Lipinski definition) is 4. The zero-order chi connectivity index (χ0) is 11.7. The van der Waals surface area contributed by atoms with Crippen LogP contribution in [0.1, 0.15) is 0 Å². The molecule has 15 heavy (non-hydrogen) atoms. The van der Waals surface area contributed by atoms with E-state index in [1.165, 1.54) is 6.08 Å². The SMILES string of the molecule is C=CCNC(=O)NC(=O)CSC(N)=NN. The molecule has 3 amide bonds. The van der Waals surface area contributed by atoms with Gasteiger partial charge in [0.05, 0.1) is 5.75 Å². The first-order valence-corrected chi connectivity index (χ1v) is 4.93. The maximum Gasteiger partial charge on any atom is 0.321 e. The zero-order valence-corrected chi connectivity index (χ0v) is 8.84. The van der Waals surface area contributed by atoms with Gasteiger partial charge in [-0.05, 0) is 0 Å². The monoisotopic (exact) mass is 231 g/mol. The highest BCUT2D eigenvalue weighted by Gasteiger charge is 2.07. The molecule has 0 aliphatic heterocycles. The molecule has 0 aromatic carbocycles. The first-order valence-electron chi connectivity index (χ1n) is 3.95. The molecule has 0 aromatic rings. The number of urea groups is 1. The van der Waals surface area contributed by atoms with Crippen LogP contribution in [0.25, 0.3) is 0 Å². The third-order valence-corrected chi connectivity index (χ3v) is 1.95. The van der Waals surface area contributed by atoms with Crippen LogP contribution >= 0.6 is 11.8 Å². The van der Waals surface area contributed by atoms with Crippen molar-refractivity contribution >= 4 is 28.9 Å². The molecule has 8 heteroatoms. The van der Waals surface area contributed by atoms with Crippen molar-refractivity contribution in [2.45, 2.75) is 0 Å². The summed E-state index contributed by atoms with van der Waals surface area (Å²) in [5, 5.41) is 7.70. The molecule has 0 aliphatic carbocycles. The third kappa shape index (κ3) is 7.38. The molecular weight excluding hydrogens is 218 g/mol. The van der Waals surface area contributed by atoms with E-state index in [1.807, 2.05) is 0 Å². The Hall–Kier alpha value is -1.70. The van der Waals surface area contributed by atoms with Crippen LogP contribution < -0.4 is 22.2 Å². The number of nitrogens with zero attached hydrogens (tertiary/aromatic N) is 1. The number of nitrogens with two attached hydrogens (primary N) is 2. The average molecular weight is 231 g/mol. The molecule has 84 valence electrons. The van der Waals surface area contributed by atoms with Crippen LogP contribution in [0.15, 0.2) is 17.8 Å². The summed E-state index contributed by atoms with van der Waals surface area (Å²) in [6.07, 6.45) is 1.50. The van der Waals surface area contributed by atoms with E-state index in [4.69, 9.17) is 11.6 Å². The molecule has 0 spiro atoms. The molecule has 7 nitrogen and oxygen atoms in total. The quantitative estimate of drug-likeness (QED) is 0.161. The van der Waals surface area contributed by atoms with E-state index < -0.39 is 11.9 Å². The van der Waals surface area contributed by atoms with Gasteiger partial charge in [-0.2, -0.15) is 5.10 Å². The maximum absolute atomic E-state index is 11.1. The van der Waals surface area contributed by atoms with Gasteiger partial charge in [-0.25, -0.2) is 4.79 Å². The van der Waals surface area contributed by atoms with Gasteiger partial charge in [-0.3, -0.25) is 10.1 Å². The highest BCUT2D eigenvalue weighted by Crippen LogP contribution is 1.97. The molecule has 0 atom stereocenters. The summed E-state index contributed by atoms with van der Waals surface area (Å²) < 4.78 is 0. The van der Waals surface area contributed by atoms with Crippen molar-refractivity contribution in [1.29, 1.82) is 0 Å². The molecule has 0 radical (unpaired) electrons. The first-order chi connectivity index (χ1) is 7.10. The fourth-order valence-corrected chi connectivity index (χ4v) is 0.974. The lowest BCUT2D eigenvalue weighted by atomic mass is 10.6. The number of amides is 3. The van der Waals surface area contributed by atoms with Crippen molar-refractivity contribution in [2.75, 3.05) is 12.3 Å². The van der Waals surface area contributed by atoms with Crippen molar-refractivity contribution in [3.8, 4) is 0 Å². The smallest absolute Gasteiger partial charge is 0.321 e. The number of hydrazone groups is 1. The van der Waals surface area contributed by atoms with Crippen molar-refractivity contribution in [3.63, 3.8) is 0 Å². The summed E-state index contributed by atoms with van der Waals surface area (Å²) in [6, 6.07) is -0.580. The summed E-state index contributed by atoms with van der Waals surface area (Å²) in [7, 11) is 0. The Morgan fingerprint density at radius 1 is 1.53 bits per heavy atom. The van der Waals surface area contributed by atoms with Crippen LogP contribution in [-0.4, -0.2) is 29.4 Å². The molecule has 0 unspecified atom stereocenters. The average Bonchev–Trinajstić information content (AvgIpc) is 2.22. The number of carbonyl (C=O) groups is 2. The highest BCUT2D eigenvalue weighted by atomic mass is 32.2. The number of imide groups is 1. The second-order valence-electron chi connectivity index (χ2n) is 2.30. The Labute approximate surface area is 91.3 Å². The highest BCUT2D eigenvalue weighted by molar-refractivity contribution is 8.14. The molecule has 0 bridgehead atoms. The van der Waals surface area contributed by atoms with Crippen molar-refractivity contribution in [3.05, 3.63) is 12.7 Å². The fourth-order valence-electron chi connectivity index (χ4n) is 0.549. The van der Waals surface area contributed by atoms with Crippen molar-refractivity contribution < 1.29 is 9.59 Å². The van der Waals surface area contributed by atoms with Gasteiger partial charge in [0.2, 0.25) is 5.91 Å². The minimum atomic E-state index is -0.580. The van der Waals surface area contributed by atoms with Gasteiger partial charge in [0.15, 0.2) is 5.17 Å². The van der Waals surface area contributed by atoms with Gasteiger partial charge in [-0.15, -0.1) is 6.58 Å². The van der Waals surface area contributed by atoms with E-state index in [2.05, 4.69) is 22.3 Å². The summed E-state index contributed by atoms with van der Waals surface area (Å²) in [4.78, 5) is 22.0.